The van der Waals surface area contributed by atoms with Crippen molar-refractivity contribution in [1.29, 1.82) is 5.26 Å². The monoisotopic (exact) mass is 519 g/mol. The number of morpholine rings is 2. The number of fused-ring (bicyclic) bond motifs is 2. The SMILES string of the molecule is CS(=O)(=O)N(CCOc1ccc(C#N)cc1)CCC12CNCC(CN(Cc3cccnc3Cl)C1)O2. The quantitative estimate of drug-likeness (QED) is 0.474. The number of nitrogens with one attached hydrogen (secondary N) is 1. The van der Waals surface area contributed by atoms with Gasteiger partial charge < -0.3 is 14.8 Å². The number of sulfonamides is 1. The minimum Gasteiger partial charge on any atom is -0.492 e. The number of benzene rings is 1. The lowest BCUT2D eigenvalue weighted by Crippen LogP contribution is -2.66. The minimum absolute atomic E-state index is 0.0272. The summed E-state index contributed by atoms with van der Waals surface area (Å²) in [6.45, 7) is 4.27. The number of hydrogen-bond donors (Lipinski definition) is 1. The molecule has 188 valence electrons. The van der Waals surface area contributed by atoms with Gasteiger partial charge in [-0.05, 0) is 36.8 Å². The van der Waals surface area contributed by atoms with Crippen molar-refractivity contribution in [2.24, 2.45) is 0 Å². The Labute approximate surface area is 211 Å². The molecule has 0 aliphatic carbocycles. The van der Waals surface area contributed by atoms with Crippen LogP contribution in [0.15, 0.2) is 42.6 Å². The van der Waals surface area contributed by atoms with Gasteiger partial charge in [-0.25, -0.2) is 13.4 Å². The Morgan fingerprint density at radius 2 is 2.14 bits per heavy atom. The summed E-state index contributed by atoms with van der Waals surface area (Å²) in [4.78, 5) is 6.49. The fourth-order valence-corrected chi connectivity index (χ4v) is 5.65. The predicted molar refractivity (Wildman–Crippen MR) is 133 cm³/mol. The number of ether oxygens (including phenoxy) is 2. The van der Waals surface area contributed by atoms with Gasteiger partial charge in [-0.1, -0.05) is 17.7 Å². The summed E-state index contributed by atoms with van der Waals surface area (Å²) in [6, 6.07) is 12.7. The van der Waals surface area contributed by atoms with Crippen LogP contribution < -0.4 is 10.1 Å². The van der Waals surface area contributed by atoms with Crippen LogP contribution in [0.3, 0.4) is 0 Å². The molecule has 1 aromatic carbocycles. The molecule has 2 aromatic rings. The van der Waals surface area contributed by atoms with Gasteiger partial charge >= 0.3 is 0 Å². The number of hydrogen-bond acceptors (Lipinski definition) is 8. The Kier molecular flexibility index (Phi) is 8.27. The van der Waals surface area contributed by atoms with Crippen LogP contribution in [0.4, 0.5) is 0 Å². The Balaban J connectivity index is 1.37. The summed E-state index contributed by atoms with van der Waals surface area (Å²) in [5.74, 6) is 0.593. The van der Waals surface area contributed by atoms with E-state index in [1.54, 1.807) is 30.5 Å². The molecule has 0 radical (unpaired) electrons. The number of nitrogens with zero attached hydrogens (tertiary/aromatic N) is 4. The van der Waals surface area contributed by atoms with E-state index in [0.717, 1.165) is 18.7 Å². The summed E-state index contributed by atoms with van der Waals surface area (Å²) in [7, 11) is -3.43. The molecule has 0 spiro atoms. The van der Waals surface area contributed by atoms with Gasteiger partial charge in [0.15, 0.2) is 0 Å². The molecule has 35 heavy (non-hydrogen) atoms. The normalized spacial score (nSPS) is 22.6. The van der Waals surface area contributed by atoms with Crippen molar-refractivity contribution in [2.45, 2.75) is 24.7 Å². The first-order valence-electron chi connectivity index (χ1n) is 11.5. The molecule has 1 N–H and O–H groups in total. The van der Waals surface area contributed by atoms with Gasteiger partial charge in [-0.15, -0.1) is 0 Å². The van der Waals surface area contributed by atoms with Crippen molar-refractivity contribution in [1.82, 2.24) is 19.5 Å². The lowest BCUT2D eigenvalue weighted by molar-refractivity contribution is -0.177. The Morgan fingerprint density at radius 3 is 2.86 bits per heavy atom. The Hall–Kier alpha value is -2.26. The minimum atomic E-state index is -3.43. The second-order valence-corrected chi connectivity index (χ2v) is 11.4. The zero-order valence-corrected chi connectivity index (χ0v) is 21.3. The van der Waals surface area contributed by atoms with Crippen molar-refractivity contribution in [3.8, 4) is 11.8 Å². The van der Waals surface area contributed by atoms with Crippen LogP contribution in [0, 0.1) is 11.3 Å². The number of aromatic nitrogens is 1. The molecule has 2 aliphatic heterocycles. The van der Waals surface area contributed by atoms with Crippen LogP contribution in [0.1, 0.15) is 17.5 Å². The molecule has 2 atom stereocenters. The molecule has 11 heteroatoms. The molecular weight excluding hydrogens is 490 g/mol. The maximum Gasteiger partial charge on any atom is 0.211 e. The summed E-state index contributed by atoms with van der Waals surface area (Å²) in [5, 5.41) is 12.9. The van der Waals surface area contributed by atoms with Crippen molar-refractivity contribution in [3.05, 3.63) is 58.9 Å². The van der Waals surface area contributed by atoms with Crippen molar-refractivity contribution >= 4 is 21.6 Å². The molecule has 2 saturated heterocycles. The van der Waals surface area contributed by atoms with E-state index >= 15 is 0 Å². The van der Waals surface area contributed by atoms with E-state index in [4.69, 9.17) is 26.3 Å². The maximum atomic E-state index is 12.5. The standard InChI is InChI=1S/C24H30ClN5O4S/c1-35(31,32)30(11-12-33-21-6-4-19(13-26)5-7-21)10-8-24-17-27-14-22(34-24)16-29(18-24)15-20-3-2-9-28-23(20)25/h2-7,9,22,27H,8,10-12,14-18H2,1H3. The highest BCUT2D eigenvalue weighted by molar-refractivity contribution is 7.88. The summed E-state index contributed by atoms with van der Waals surface area (Å²) < 4.78 is 38.6. The highest BCUT2D eigenvalue weighted by Crippen LogP contribution is 2.30. The maximum absolute atomic E-state index is 12.5. The summed E-state index contributed by atoms with van der Waals surface area (Å²) >= 11 is 6.28. The van der Waals surface area contributed by atoms with Crippen molar-refractivity contribution in [2.75, 3.05) is 52.1 Å². The molecule has 4 rings (SSSR count). The van der Waals surface area contributed by atoms with Gasteiger partial charge in [0.05, 0.1) is 29.6 Å². The van der Waals surface area contributed by atoms with Gasteiger partial charge in [0.2, 0.25) is 10.0 Å². The molecule has 1 aromatic heterocycles. The third-order valence-electron chi connectivity index (χ3n) is 6.32. The van der Waals surface area contributed by atoms with E-state index < -0.39 is 15.6 Å². The third kappa shape index (κ3) is 6.91. The van der Waals surface area contributed by atoms with Gasteiger partial charge in [0.25, 0.3) is 0 Å². The second-order valence-electron chi connectivity index (χ2n) is 9.07. The van der Waals surface area contributed by atoms with Gasteiger partial charge in [-0.2, -0.15) is 9.57 Å². The van der Waals surface area contributed by atoms with Crippen LogP contribution in [0.25, 0.3) is 0 Å². The first-order valence-corrected chi connectivity index (χ1v) is 13.8. The lowest BCUT2D eigenvalue weighted by atomic mass is 9.92. The van der Waals surface area contributed by atoms with Crippen LogP contribution in [-0.2, 0) is 21.3 Å². The van der Waals surface area contributed by atoms with E-state index in [-0.39, 0.29) is 19.3 Å². The average Bonchev–Trinajstić information content (AvgIpc) is 2.82. The highest BCUT2D eigenvalue weighted by Gasteiger charge is 2.43. The average molecular weight is 520 g/mol. The molecule has 3 heterocycles. The number of pyridine rings is 1. The molecule has 0 saturated carbocycles. The number of halogens is 1. The molecule has 9 nitrogen and oxygen atoms in total. The first-order chi connectivity index (χ1) is 16.8. The second kappa shape index (κ2) is 11.2. The van der Waals surface area contributed by atoms with E-state index in [0.29, 0.717) is 49.1 Å². The van der Waals surface area contributed by atoms with Gasteiger partial charge in [-0.3, -0.25) is 4.90 Å². The fourth-order valence-electron chi connectivity index (χ4n) is 4.64. The highest BCUT2D eigenvalue weighted by atomic mass is 35.5. The first kappa shape index (κ1) is 25.8. The van der Waals surface area contributed by atoms with Gasteiger partial charge in [0, 0.05) is 57.6 Å². The smallest absolute Gasteiger partial charge is 0.211 e. The van der Waals surface area contributed by atoms with Crippen LogP contribution >= 0.6 is 11.6 Å². The molecular formula is C24H30ClN5O4S. The molecule has 2 aliphatic rings. The fraction of sp³-hybridized carbons (Fsp3) is 0.500. The Bertz CT molecular complexity index is 1160. The molecule has 2 unspecified atom stereocenters. The largest absolute Gasteiger partial charge is 0.492 e. The van der Waals surface area contributed by atoms with Crippen LogP contribution in [-0.4, -0.2) is 86.4 Å². The topological polar surface area (TPSA) is 108 Å². The number of rotatable bonds is 10. The molecule has 0 amide bonds. The van der Waals surface area contributed by atoms with Gasteiger partial charge in [0.1, 0.15) is 17.5 Å². The van der Waals surface area contributed by atoms with E-state index in [9.17, 15) is 8.42 Å². The predicted octanol–water partition coefficient (Wildman–Crippen LogP) is 1.88. The van der Waals surface area contributed by atoms with Crippen molar-refractivity contribution in [3.63, 3.8) is 0 Å². The van der Waals surface area contributed by atoms with E-state index in [1.807, 2.05) is 12.1 Å². The lowest BCUT2D eigenvalue weighted by Gasteiger charge is -2.50. The molecule has 2 fully saturated rings. The van der Waals surface area contributed by atoms with E-state index in [2.05, 4.69) is 21.3 Å². The summed E-state index contributed by atoms with van der Waals surface area (Å²) in [6.07, 6.45) is 3.47. The van der Waals surface area contributed by atoms with Crippen molar-refractivity contribution < 1.29 is 17.9 Å². The zero-order valence-electron chi connectivity index (χ0n) is 19.7. The molecule has 2 bridgehead atoms. The van der Waals surface area contributed by atoms with E-state index in [1.165, 1.54) is 10.6 Å². The summed E-state index contributed by atoms with van der Waals surface area (Å²) in [5.41, 5.74) is 1.02. The zero-order chi connectivity index (χ0) is 24.9. The Morgan fingerprint density at radius 1 is 1.34 bits per heavy atom. The third-order valence-corrected chi connectivity index (χ3v) is 7.96. The van der Waals surface area contributed by atoms with Crippen LogP contribution in [0.2, 0.25) is 5.15 Å². The number of nitriles is 1. The van der Waals surface area contributed by atoms with Crippen LogP contribution in [0.5, 0.6) is 5.75 Å².